The van der Waals surface area contributed by atoms with E-state index < -0.39 is 6.04 Å². The van der Waals surface area contributed by atoms with Gasteiger partial charge in [-0.15, -0.1) is 0 Å². The Morgan fingerprint density at radius 2 is 2.00 bits per heavy atom. The van der Waals surface area contributed by atoms with Gasteiger partial charge in [-0.2, -0.15) is 0 Å². The Morgan fingerprint density at radius 3 is 2.50 bits per heavy atom. The second kappa shape index (κ2) is 6.40. The Kier molecular flexibility index (Phi) is 4.81. The second-order valence-electron chi connectivity index (χ2n) is 6.21. The molecule has 1 aromatic rings. The Morgan fingerprint density at radius 1 is 1.35 bits per heavy atom. The number of hydrogen-bond acceptors (Lipinski definition) is 2. The molecule has 0 aromatic heterocycles. The monoisotopic (exact) mass is 274 g/mol. The Hall–Kier alpha value is -1.35. The molecule has 1 amide bonds. The number of carbonyl (C=O) groups excluding carboxylic acids is 1. The average Bonchev–Trinajstić information content (AvgIpc) is 2.41. The molecule has 1 fully saturated rings. The van der Waals surface area contributed by atoms with E-state index in [0.717, 1.165) is 12.1 Å². The third-order valence-corrected chi connectivity index (χ3v) is 4.55. The van der Waals surface area contributed by atoms with E-state index in [2.05, 4.69) is 12.2 Å². The lowest BCUT2D eigenvalue weighted by Gasteiger charge is -2.42. The number of carbonyl (C=O) groups is 1. The van der Waals surface area contributed by atoms with Crippen LogP contribution in [-0.4, -0.2) is 12.5 Å². The molecule has 3 nitrogen and oxygen atoms in total. The standard InChI is InChI=1S/C17H26N2O/c1-3-9-17(10-4-11-17)12-19-16(20)15(18)14-7-5-13(2)6-8-14/h5-8,15H,3-4,9-12,18H2,1-2H3,(H,19,20). The number of benzene rings is 1. The highest BCUT2D eigenvalue weighted by molar-refractivity contribution is 5.82. The molecule has 0 radical (unpaired) electrons. The van der Waals surface area contributed by atoms with Crippen molar-refractivity contribution in [1.82, 2.24) is 5.32 Å². The van der Waals surface area contributed by atoms with Crippen LogP contribution in [0.25, 0.3) is 0 Å². The first-order chi connectivity index (χ1) is 9.56. The van der Waals surface area contributed by atoms with Crippen molar-refractivity contribution >= 4 is 5.91 Å². The molecule has 1 aliphatic carbocycles. The summed E-state index contributed by atoms with van der Waals surface area (Å²) in [6.07, 6.45) is 6.15. The molecule has 0 spiro atoms. The zero-order valence-electron chi connectivity index (χ0n) is 12.6. The molecule has 0 heterocycles. The quantitative estimate of drug-likeness (QED) is 0.837. The van der Waals surface area contributed by atoms with Gasteiger partial charge >= 0.3 is 0 Å². The van der Waals surface area contributed by atoms with E-state index in [1.807, 2.05) is 31.2 Å². The van der Waals surface area contributed by atoms with Crippen LogP contribution in [0.4, 0.5) is 0 Å². The predicted molar refractivity (Wildman–Crippen MR) is 82.3 cm³/mol. The largest absolute Gasteiger partial charge is 0.354 e. The molecule has 1 saturated carbocycles. The van der Waals surface area contributed by atoms with E-state index in [0.29, 0.717) is 5.41 Å². The Bertz CT molecular complexity index is 449. The maximum absolute atomic E-state index is 12.2. The maximum Gasteiger partial charge on any atom is 0.241 e. The molecule has 1 atom stereocenters. The van der Waals surface area contributed by atoms with Crippen LogP contribution in [0.15, 0.2) is 24.3 Å². The first kappa shape index (κ1) is 15.0. The lowest BCUT2D eigenvalue weighted by atomic mass is 9.66. The van der Waals surface area contributed by atoms with Crippen molar-refractivity contribution in [3.05, 3.63) is 35.4 Å². The fourth-order valence-electron chi connectivity index (χ4n) is 3.03. The molecule has 0 bridgehead atoms. The summed E-state index contributed by atoms with van der Waals surface area (Å²) in [5.74, 6) is -0.0590. The third kappa shape index (κ3) is 3.40. The molecule has 0 saturated heterocycles. The minimum absolute atomic E-state index is 0.0590. The average molecular weight is 274 g/mol. The van der Waals surface area contributed by atoms with Gasteiger partial charge in [0, 0.05) is 6.54 Å². The second-order valence-corrected chi connectivity index (χ2v) is 6.21. The summed E-state index contributed by atoms with van der Waals surface area (Å²) in [5, 5.41) is 3.06. The van der Waals surface area contributed by atoms with Crippen molar-refractivity contribution < 1.29 is 4.79 Å². The van der Waals surface area contributed by atoms with Crippen molar-refractivity contribution in [2.24, 2.45) is 11.1 Å². The topological polar surface area (TPSA) is 55.1 Å². The van der Waals surface area contributed by atoms with Gasteiger partial charge in [0.15, 0.2) is 0 Å². The Labute approximate surface area is 121 Å². The van der Waals surface area contributed by atoms with E-state index >= 15 is 0 Å². The number of nitrogens with one attached hydrogen (secondary N) is 1. The van der Waals surface area contributed by atoms with Gasteiger partial charge in [-0.3, -0.25) is 4.79 Å². The van der Waals surface area contributed by atoms with E-state index in [-0.39, 0.29) is 5.91 Å². The zero-order valence-corrected chi connectivity index (χ0v) is 12.6. The fourth-order valence-corrected chi connectivity index (χ4v) is 3.03. The van der Waals surface area contributed by atoms with Crippen LogP contribution in [0, 0.1) is 12.3 Å². The molecule has 3 N–H and O–H groups in total. The van der Waals surface area contributed by atoms with Crippen molar-refractivity contribution in [1.29, 1.82) is 0 Å². The molecule has 20 heavy (non-hydrogen) atoms. The number of hydrogen-bond donors (Lipinski definition) is 2. The highest BCUT2D eigenvalue weighted by Gasteiger charge is 2.36. The van der Waals surface area contributed by atoms with Crippen molar-refractivity contribution in [2.45, 2.75) is 52.0 Å². The highest BCUT2D eigenvalue weighted by Crippen LogP contribution is 2.44. The van der Waals surface area contributed by atoms with E-state index in [1.165, 1.54) is 37.7 Å². The lowest BCUT2D eigenvalue weighted by molar-refractivity contribution is -0.123. The number of amides is 1. The first-order valence-corrected chi connectivity index (χ1v) is 7.66. The maximum atomic E-state index is 12.2. The van der Waals surface area contributed by atoms with Crippen LogP contribution in [0.1, 0.15) is 56.2 Å². The van der Waals surface area contributed by atoms with Gasteiger partial charge in [0.2, 0.25) is 5.91 Å². The number of aryl methyl sites for hydroxylation is 1. The summed E-state index contributed by atoms with van der Waals surface area (Å²) < 4.78 is 0. The van der Waals surface area contributed by atoms with Gasteiger partial charge in [0.05, 0.1) is 0 Å². The normalized spacial score (nSPS) is 18.1. The summed E-state index contributed by atoms with van der Waals surface area (Å²) in [4.78, 5) is 12.2. The van der Waals surface area contributed by atoms with Gasteiger partial charge in [-0.05, 0) is 37.2 Å². The van der Waals surface area contributed by atoms with Crippen LogP contribution >= 0.6 is 0 Å². The van der Waals surface area contributed by atoms with E-state index in [9.17, 15) is 4.79 Å². The zero-order chi connectivity index (χ0) is 14.6. The van der Waals surface area contributed by atoms with Gasteiger partial charge in [0.25, 0.3) is 0 Å². The predicted octanol–water partition coefficient (Wildman–Crippen LogP) is 3.08. The summed E-state index contributed by atoms with van der Waals surface area (Å²) in [6, 6.07) is 7.30. The van der Waals surface area contributed by atoms with Crippen LogP contribution in [0.5, 0.6) is 0 Å². The lowest BCUT2D eigenvalue weighted by Crippen LogP contribution is -2.44. The van der Waals surface area contributed by atoms with E-state index in [1.54, 1.807) is 0 Å². The van der Waals surface area contributed by atoms with Crippen LogP contribution in [0.2, 0.25) is 0 Å². The molecule has 1 aliphatic rings. The van der Waals surface area contributed by atoms with Gasteiger partial charge in [0.1, 0.15) is 6.04 Å². The summed E-state index contributed by atoms with van der Waals surface area (Å²) in [5.41, 5.74) is 8.44. The molecular formula is C17H26N2O. The summed E-state index contributed by atoms with van der Waals surface area (Å²) in [6.45, 7) is 5.01. The van der Waals surface area contributed by atoms with Gasteiger partial charge < -0.3 is 11.1 Å². The first-order valence-electron chi connectivity index (χ1n) is 7.66. The van der Waals surface area contributed by atoms with E-state index in [4.69, 9.17) is 5.73 Å². The van der Waals surface area contributed by atoms with Crippen molar-refractivity contribution in [3.8, 4) is 0 Å². The highest BCUT2D eigenvalue weighted by atomic mass is 16.2. The smallest absolute Gasteiger partial charge is 0.241 e. The third-order valence-electron chi connectivity index (χ3n) is 4.55. The molecule has 3 heteroatoms. The van der Waals surface area contributed by atoms with Crippen LogP contribution < -0.4 is 11.1 Å². The van der Waals surface area contributed by atoms with Crippen molar-refractivity contribution in [2.75, 3.05) is 6.54 Å². The molecule has 110 valence electrons. The number of nitrogens with two attached hydrogens (primary N) is 1. The van der Waals surface area contributed by atoms with Crippen LogP contribution in [-0.2, 0) is 4.79 Å². The molecule has 1 unspecified atom stereocenters. The SMILES string of the molecule is CCCC1(CNC(=O)C(N)c2ccc(C)cc2)CCC1. The Balaban J connectivity index is 1.89. The van der Waals surface area contributed by atoms with Gasteiger partial charge in [-0.1, -0.05) is 49.6 Å². The summed E-state index contributed by atoms with van der Waals surface area (Å²) >= 11 is 0. The summed E-state index contributed by atoms with van der Waals surface area (Å²) in [7, 11) is 0. The minimum Gasteiger partial charge on any atom is -0.354 e. The fraction of sp³-hybridized carbons (Fsp3) is 0.588. The minimum atomic E-state index is -0.561. The molecular weight excluding hydrogens is 248 g/mol. The van der Waals surface area contributed by atoms with Crippen molar-refractivity contribution in [3.63, 3.8) is 0 Å². The van der Waals surface area contributed by atoms with Gasteiger partial charge in [-0.25, -0.2) is 0 Å². The van der Waals surface area contributed by atoms with Crippen LogP contribution in [0.3, 0.4) is 0 Å². The number of rotatable bonds is 6. The molecule has 2 rings (SSSR count). The molecule has 1 aromatic carbocycles. The molecule has 0 aliphatic heterocycles.